The molecular formula is C13H14N2O. The van der Waals surface area contributed by atoms with Crippen molar-refractivity contribution in [2.75, 3.05) is 7.11 Å². The van der Waals surface area contributed by atoms with E-state index in [2.05, 4.69) is 16.5 Å². The SMILES string of the molecule is C=C(C)/C(=C\OC)c1ccc2cc[nH]c2n1. The molecule has 0 aliphatic carbocycles. The number of nitrogens with zero attached hydrogens (tertiary/aromatic N) is 1. The summed E-state index contributed by atoms with van der Waals surface area (Å²) in [5.41, 5.74) is 3.59. The molecule has 0 spiro atoms. The quantitative estimate of drug-likeness (QED) is 0.629. The number of pyridine rings is 1. The van der Waals surface area contributed by atoms with Crippen molar-refractivity contribution >= 4 is 16.6 Å². The number of methoxy groups -OCH3 is 1. The van der Waals surface area contributed by atoms with Crippen LogP contribution in [0.15, 0.2) is 42.8 Å². The average molecular weight is 214 g/mol. The standard InChI is InChI=1S/C13H14N2O/c1-9(2)11(8-16-3)12-5-4-10-6-7-14-13(10)15-12/h4-8H,1H2,2-3H3,(H,14,15)/b11-8+. The van der Waals surface area contributed by atoms with Crippen LogP contribution >= 0.6 is 0 Å². The predicted octanol–water partition coefficient (Wildman–Crippen LogP) is 3.13. The van der Waals surface area contributed by atoms with Gasteiger partial charge >= 0.3 is 0 Å². The number of hydrogen-bond acceptors (Lipinski definition) is 2. The summed E-state index contributed by atoms with van der Waals surface area (Å²) in [6.45, 7) is 5.86. The van der Waals surface area contributed by atoms with E-state index in [1.807, 2.05) is 31.3 Å². The molecule has 0 saturated carbocycles. The minimum Gasteiger partial charge on any atom is -0.504 e. The molecule has 2 rings (SSSR count). The maximum Gasteiger partial charge on any atom is 0.137 e. The summed E-state index contributed by atoms with van der Waals surface area (Å²) in [7, 11) is 1.62. The fraction of sp³-hybridized carbons (Fsp3) is 0.154. The van der Waals surface area contributed by atoms with E-state index in [1.165, 1.54) is 0 Å². The summed E-state index contributed by atoms with van der Waals surface area (Å²) in [4.78, 5) is 7.60. The van der Waals surface area contributed by atoms with Crippen molar-refractivity contribution in [3.05, 3.63) is 48.5 Å². The Labute approximate surface area is 94.5 Å². The Bertz CT molecular complexity index is 552. The Balaban J connectivity index is 2.52. The van der Waals surface area contributed by atoms with E-state index in [1.54, 1.807) is 13.4 Å². The van der Waals surface area contributed by atoms with Crippen LogP contribution < -0.4 is 0 Å². The summed E-state index contributed by atoms with van der Waals surface area (Å²) in [5.74, 6) is 0. The van der Waals surface area contributed by atoms with Crippen LogP contribution in [0.25, 0.3) is 16.6 Å². The maximum atomic E-state index is 5.04. The van der Waals surface area contributed by atoms with Gasteiger partial charge < -0.3 is 9.72 Å². The summed E-state index contributed by atoms with van der Waals surface area (Å²) < 4.78 is 5.04. The van der Waals surface area contributed by atoms with Gasteiger partial charge in [-0.3, -0.25) is 0 Å². The highest BCUT2D eigenvalue weighted by Crippen LogP contribution is 2.21. The Morgan fingerprint density at radius 1 is 1.44 bits per heavy atom. The van der Waals surface area contributed by atoms with Crippen LogP contribution in [-0.2, 0) is 4.74 Å². The summed E-state index contributed by atoms with van der Waals surface area (Å²) in [5, 5.41) is 1.10. The van der Waals surface area contributed by atoms with Crippen molar-refractivity contribution in [2.45, 2.75) is 6.92 Å². The number of nitrogens with one attached hydrogen (secondary N) is 1. The molecule has 16 heavy (non-hydrogen) atoms. The molecule has 3 nitrogen and oxygen atoms in total. The van der Waals surface area contributed by atoms with Crippen molar-refractivity contribution < 1.29 is 4.74 Å². The number of ether oxygens (including phenoxy) is 1. The number of allylic oxidation sites excluding steroid dienone is 2. The molecule has 2 aromatic heterocycles. The number of rotatable bonds is 3. The predicted molar refractivity (Wildman–Crippen MR) is 65.9 cm³/mol. The van der Waals surface area contributed by atoms with Gasteiger partial charge in [-0.15, -0.1) is 0 Å². The van der Waals surface area contributed by atoms with E-state index < -0.39 is 0 Å². The van der Waals surface area contributed by atoms with Gasteiger partial charge in [-0.05, 0) is 30.7 Å². The smallest absolute Gasteiger partial charge is 0.137 e. The molecule has 2 heterocycles. The molecule has 0 atom stereocenters. The summed E-state index contributed by atoms with van der Waals surface area (Å²) in [6.07, 6.45) is 3.54. The number of aromatic amines is 1. The fourth-order valence-electron chi connectivity index (χ4n) is 1.58. The van der Waals surface area contributed by atoms with E-state index >= 15 is 0 Å². The number of fused-ring (bicyclic) bond motifs is 1. The minimum atomic E-state index is 0.865. The first kappa shape index (κ1) is 10.5. The first-order chi connectivity index (χ1) is 7.72. The van der Waals surface area contributed by atoms with Crippen LogP contribution in [0.4, 0.5) is 0 Å². The van der Waals surface area contributed by atoms with Crippen LogP contribution in [-0.4, -0.2) is 17.1 Å². The Morgan fingerprint density at radius 3 is 2.94 bits per heavy atom. The van der Waals surface area contributed by atoms with Gasteiger partial charge in [0.05, 0.1) is 19.1 Å². The van der Waals surface area contributed by atoms with Gasteiger partial charge in [0.15, 0.2) is 0 Å². The molecule has 2 aromatic rings. The van der Waals surface area contributed by atoms with Crippen molar-refractivity contribution in [3.8, 4) is 0 Å². The third-order valence-corrected chi connectivity index (χ3v) is 2.38. The zero-order valence-electron chi connectivity index (χ0n) is 9.45. The lowest BCUT2D eigenvalue weighted by Gasteiger charge is -2.05. The van der Waals surface area contributed by atoms with Crippen LogP contribution in [0.3, 0.4) is 0 Å². The lowest BCUT2D eigenvalue weighted by molar-refractivity contribution is 0.339. The average Bonchev–Trinajstić information content (AvgIpc) is 2.72. The van der Waals surface area contributed by atoms with Crippen LogP contribution in [0.1, 0.15) is 12.6 Å². The van der Waals surface area contributed by atoms with Gasteiger partial charge in [-0.1, -0.05) is 6.58 Å². The molecule has 0 unspecified atom stereocenters. The molecule has 0 bridgehead atoms. The maximum absolute atomic E-state index is 5.04. The third-order valence-electron chi connectivity index (χ3n) is 2.38. The molecule has 3 heteroatoms. The molecular weight excluding hydrogens is 200 g/mol. The molecule has 0 aliphatic heterocycles. The van der Waals surface area contributed by atoms with Gasteiger partial charge in [0.2, 0.25) is 0 Å². The highest BCUT2D eigenvalue weighted by atomic mass is 16.5. The van der Waals surface area contributed by atoms with Gasteiger partial charge in [-0.25, -0.2) is 4.98 Å². The van der Waals surface area contributed by atoms with Crippen molar-refractivity contribution in [2.24, 2.45) is 0 Å². The lowest BCUT2D eigenvalue weighted by Crippen LogP contribution is -1.91. The molecule has 0 amide bonds. The van der Waals surface area contributed by atoms with Crippen LogP contribution in [0.5, 0.6) is 0 Å². The zero-order valence-corrected chi connectivity index (χ0v) is 9.45. The molecule has 1 N–H and O–H groups in total. The highest BCUT2D eigenvalue weighted by molar-refractivity contribution is 5.81. The monoisotopic (exact) mass is 214 g/mol. The van der Waals surface area contributed by atoms with Crippen molar-refractivity contribution in [1.82, 2.24) is 9.97 Å². The Kier molecular flexibility index (Phi) is 2.77. The topological polar surface area (TPSA) is 37.9 Å². The first-order valence-electron chi connectivity index (χ1n) is 5.05. The summed E-state index contributed by atoms with van der Waals surface area (Å²) in [6, 6.07) is 5.99. The lowest BCUT2D eigenvalue weighted by atomic mass is 10.1. The van der Waals surface area contributed by atoms with Crippen LogP contribution in [0.2, 0.25) is 0 Å². The zero-order chi connectivity index (χ0) is 11.5. The van der Waals surface area contributed by atoms with Gasteiger partial charge in [0, 0.05) is 17.2 Å². The number of aromatic nitrogens is 2. The van der Waals surface area contributed by atoms with E-state index in [4.69, 9.17) is 4.74 Å². The van der Waals surface area contributed by atoms with Gasteiger partial charge in [-0.2, -0.15) is 0 Å². The third kappa shape index (κ3) is 1.84. The van der Waals surface area contributed by atoms with Gasteiger partial charge in [0.25, 0.3) is 0 Å². The first-order valence-corrected chi connectivity index (χ1v) is 5.05. The molecule has 0 fully saturated rings. The summed E-state index contributed by atoms with van der Waals surface area (Å²) >= 11 is 0. The highest BCUT2D eigenvalue weighted by Gasteiger charge is 2.06. The van der Waals surface area contributed by atoms with Crippen molar-refractivity contribution in [1.29, 1.82) is 0 Å². The second kappa shape index (κ2) is 4.23. The van der Waals surface area contributed by atoms with E-state index in [9.17, 15) is 0 Å². The molecule has 0 aromatic carbocycles. The van der Waals surface area contributed by atoms with E-state index in [0.717, 1.165) is 27.9 Å². The molecule has 0 aliphatic rings. The van der Waals surface area contributed by atoms with E-state index in [-0.39, 0.29) is 0 Å². The second-order valence-corrected chi connectivity index (χ2v) is 3.66. The van der Waals surface area contributed by atoms with Crippen molar-refractivity contribution in [3.63, 3.8) is 0 Å². The second-order valence-electron chi connectivity index (χ2n) is 3.66. The Hall–Kier alpha value is -2.03. The number of H-pyrrole nitrogens is 1. The molecule has 82 valence electrons. The fourth-order valence-corrected chi connectivity index (χ4v) is 1.58. The molecule has 0 radical (unpaired) electrons. The minimum absolute atomic E-state index is 0.865. The van der Waals surface area contributed by atoms with Gasteiger partial charge in [0.1, 0.15) is 5.65 Å². The van der Waals surface area contributed by atoms with E-state index in [0.29, 0.717) is 0 Å². The largest absolute Gasteiger partial charge is 0.504 e. The number of hydrogen-bond donors (Lipinski definition) is 1. The Morgan fingerprint density at radius 2 is 2.25 bits per heavy atom. The normalized spacial score (nSPS) is 11.8. The van der Waals surface area contributed by atoms with Crippen LogP contribution in [0, 0.1) is 0 Å². The molecule has 0 saturated heterocycles.